The molecule has 0 saturated carbocycles. The summed E-state index contributed by atoms with van der Waals surface area (Å²) in [6, 6.07) is 20.0. The van der Waals surface area contributed by atoms with Crippen molar-refractivity contribution in [1.82, 2.24) is 4.90 Å². The van der Waals surface area contributed by atoms with Gasteiger partial charge in [-0.2, -0.15) is 0 Å². The molecule has 0 bridgehead atoms. The molecule has 200 valence electrons. The Labute approximate surface area is 234 Å². The first kappa shape index (κ1) is 26.9. The van der Waals surface area contributed by atoms with Crippen LogP contribution in [-0.2, 0) is 23.2 Å². The third kappa shape index (κ3) is 5.37. The number of thiocarbonyl (C=S) groups is 1. The lowest BCUT2D eigenvalue weighted by Gasteiger charge is -2.43. The molecule has 0 amide bonds. The summed E-state index contributed by atoms with van der Waals surface area (Å²) in [7, 11) is 0. The number of ether oxygens (including phenoxy) is 1. The van der Waals surface area contributed by atoms with E-state index in [0.29, 0.717) is 17.3 Å². The molecule has 1 aliphatic heterocycles. The largest absolute Gasteiger partial charge is 0.462 e. The summed E-state index contributed by atoms with van der Waals surface area (Å²) in [6.45, 7) is 3.67. The van der Waals surface area contributed by atoms with Crippen molar-refractivity contribution in [3.8, 4) is 0 Å². The second-order valence-corrected chi connectivity index (χ2v) is 11.7. The zero-order valence-corrected chi connectivity index (χ0v) is 23.6. The molecule has 2 heterocycles. The molecule has 7 heteroatoms. The van der Waals surface area contributed by atoms with Gasteiger partial charge in [0.05, 0.1) is 12.2 Å². The third-order valence-corrected chi connectivity index (χ3v) is 9.49. The van der Waals surface area contributed by atoms with Crippen molar-refractivity contribution >= 4 is 39.6 Å². The maximum Gasteiger partial charge on any atom is 0.341 e. The number of piperidine rings is 1. The lowest BCUT2D eigenvalue weighted by atomic mass is 9.72. The highest BCUT2D eigenvalue weighted by Crippen LogP contribution is 2.42. The number of aliphatic hydroxyl groups is 1. The van der Waals surface area contributed by atoms with Crippen molar-refractivity contribution in [2.24, 2.45) is 5.92 Å². The lowest BCUT2D eigenvalue weighted by molar-refractivity contribution is -0.00631. The van der Waals surface area contributed by atoms with Gasteiger partial charge in [0, 0.05) is 18.0 Å². The molecule has 0 radical (unpaired) electrons. The molecule has 3 aromatic rings. The van der Waals surface area contributed by atoms with Gasteiger partial charge in [0.25, 0.3) is 0 Å². The van der Waals surface area contributed by atoms with E-state index in [9.17, 15) is 9.90 Å². The van der Waals surface area contributed by atoms with Crippen LogP contribution in [-0.4, -0.2) is 40.8 Å². The molecular weight excluding hydrogens is 512 g/mol. The highest BCUT2D eigenvalue weighted by molar-refractivity contribution is 7.80. The molecule has 1 aromatic heterocycles. The molecule has 1 fully saturated rings. The van der Waals surface area contributed by atoms with E-state index in [0.717, 1.165) is 73.3 Å². The van der Waals surface area contributed by atoms with Crippen molar-refractivity contribution < 1.29 is 14.6 Å². The summed E-state index contributed by atoms with van der Waals surface area (Å²) in [5, 5.41) is 17.1. The number of benzene rings is 2. The van der Waals surface area contributed by atoms with Gasteiger partial charge in [-0.05, 0) is 80.3 Å². The fraction of sp³-hybridized carbons (Fsp3) is 0.419. The number of fused-ring (bicyclic) bond motifs is 1. The van der Waals surface area contributed by atoms with Crippen LogP contribution in [0.4, 0.5) is 5.00 Å². The number of nitrogens with zero attached hydrogens (tertiary/aromatic N) is 1. The van der Waals surface area contributed by atoms with E-state index in [1.54, 1.807) is 11.3 Å². The van der Waals surface area contributed by atoms with E-state index in [1.807, 2.05) is 67.6 Å². The molecule has 2 aromatic carbocycles. The van der Waals surface area contributed by atoms with Crippen molar-refractivity contribution in [3.63, 3.8) is 0 Å². The number of rotatable bonds is 6. The summed E-state index contributed by atoms with van der Waals surface area (Å²) < 4.78 is 5.44. The van der Waals surface area contributed by atoms with Crippen LogP contribution >= 0.6 is 23.6 Å². The van der Waals surface area contributed by atoms with Gasteiger partial charge in [-0.15, -0.1) is 11.3 Å². The van der Waals surface area contributed by atoms with Crippen molar-refractivity contribution in [2.45, 2.75) is 57.5 Å². The fourth-order valence-electron chi connectivity index (χ4n) is 5.95. The Balaban J connectivity index is 1.33. The van der Waals surface area contributed by atoms with E-state index < -0.39 is 5.60 Å². The Morgan fingerprint density at radius 2 is 1.63 bits per heavy atom. The van der Waals surface area contributed by atoms with E-state index >= 15 is 0 Å². The van der Waals surface area contributed by atoms with Crippen LogP contribution in [0.15, 0.2) is 60.7 Å². The number of carbonyl (C=O) groups excluding carboxylic acids is 1. The molecular formula is C31H36N2O3S2. The van der Waals surface area contributed by atoms with E-state index in [-0.39, 0.29) is 11.9 Å². The minimum atomic E-state index is -1.06. The molecule has 2 aliphatic rings. The maximum atomic E-state index is 13.0. The number of carbonyl (C=O) groups is 1. The van der Waals surface area contributed by atoms with Gasteiger partial charge >= 0.3 is 5.97 Å². The summed E-state index contributed by atoms with van der Waals surface area (Å²) in [5.74, 6) is -0.203. The molecule has 2 N–H and O–H groups in total. The second kappa shape index (κ2) is 12.0. The Morgan fingerprint density at radius 3 is 2.24 bits per heavy atom. The zero-order valence-electron chi connectivity index (χ0n) is 21.9. The Bertz CT molecular complexity index is 1210. The first-order valence-corrected chi connectivity index (χ1v) is 15.0. The number of aryl methyl sites for hydroxylation is 1. The average molecular weight is 549 g/mol. The van der Waals surface area contributed by atoms with E-state index in [1.165, 1.54) is 11.3 Å². The van der Waals surface area contributed by atoms with Gasteiger partial charge in [0.15, 0.2) is 5.11 Å². The quantitative estimate of drug-likeness (QED) is 0.207. The second-order valence-electron chi connectivity index (χ2n) is 10.2. The fourth-order valence-corrected chi connectivity index (χ4v) is 7.57. The van der Waals surface area contributed by atoms with Crippen LogP contribution in [0.2, 0.25) is 0 Å². The number of thiophene rings is 1. The first-order valence-electron chi connectivity index (χ1n) is 13.7. The van der Waals surface area contributed by atoms with Gasteiger partial charge in [0.1, 0.15) is 10.6 Å². The molecule has 0 spiro atoms. The standard InChI is InChI=1S/C31H36N2O3S2/c1-2-36-29(34)27-25-16-10-5-11-17-26(25)38-28(27)32-30(37)33-20-18-24(19-21-33)31(35,22-12-6-3-7-13-22)23-14-8-4-9-15-23/h3-4,6-9,12-15,24,35H,2,5,10-11,16-21H2,1H3,(H,32,37). The summed E-state index contributed by atoms with van der Waals surface area (Å²) in [6.07, 6.45) is 6.96. The van der Waals surface area contributed by atoms with Crippen LogP contribution in [0.25, 0.3) is 0 Å². The maximum absolute atomic E-state index is 13.0. The monoisotopic (exact) mass is 548 g/mol. The number of nitrogens with one attached hydrogen (secondary N) is 1. The van der Waals surface area contributed by atoms with E-state index in [4.69, 9.17) is 17.0 Å². The minimum Gasteiger partial charge on any atom is -0.462 e. The van der Waals surface area contributed by atoms with Gasteiger partial charge in [-0.25, -0.2) is 4.79 Å². The molecule has 0 unspecified atom stereocenters. The molecule has 0 atom stereocenters. The van der Waals surface area contributed by atoms with Crippen LogP contribution in [0.5, 0.6) is 0 Å². The third-order valence-electron chi connectivity index (χ3n) is 7.92. The number of esters is 1. The van der Waals surface area contributed by atoms with Crippen molar-refractivity contribution in [1.29, 1.82) is 0 Å². The molecule has 1 saturated heterocycles. The number of anilines is 1. The lowest BCUT2D eigenvalue weighted by Crippen LogP contribution is -2.47. The van der Waals surface area contributed by atoms with E-state index in [2.05, 4.69) is 10.2 Å². The van der Waals surface area contributed by atoms with Gasteiger partial charge in [-0.3, -0.25) is 0 Å². The number of hydrogen-bond donors (Lipinski definition) is 2. The predicted octanol–water partition coefficient (Wildman–Crippen LogP) is 6.54. The Morgan fingerprint density at radius 1 is 1.03 bits per heavy atom. The molecule has 5 nitrogen and oxygen atoms in total. The summed E-state index contributed by atoms with van der Waals surface area (Å²) in [5.41, 5.74) is 2.60. The predicted molar refractivity (Wildman–Crippen MR) is 158 cm³/mol. The topological polar surface area (TPSA) is 61.8 Å². The minimum absolute atomic E-state index is 0.0549. The SMILES string of the molecule is CCOC(=O)c1c(NC(=S)N2CCC(C(O)(c3ccccc3)c3ccccc3)CC2)sc2c1CCCCC2. The van der Waals surface area contributed by atoms with Gasteiger partial charge < -0.3 is 20.1 Å². The van der Waals surface area contributed by atoms with Gasteiger partial charge in [-0.1, -0.05) is 67.1 Å². The number of likely N-dealkylation sites (tertiary alicyclic amines) is 1. The molecule has 5 rings (SSSR count). The normalized spacial score (nSPS) is 16.4. The van der Waals surface area contributed by atoms with Crippen molar-refractivity contribution in [2.75, 3.05) is 25.0 Å². The van der Waals surface area contributed by atoms with Crippen LogP contribution in [0, 0.1) is 5.92 Å². The number of hydrogen-bond acceptors (Lipinski definition) is 5. The van der Waals surface area contributed by atoms with Crippen LogP contribution in [0.1, 0.15) is 71.0 Å². The Hall–Kier alpha value is -2.74. The summed E-state index contributed by atoms with van der Waals surface area (Å²) in [4.78, 5) is 16.4. The highest BCUT2D eigenvalue weighted by Gasteiger charge is 2.42. The Kier molecular flexibility index (Phi) is 8.46. The molecule has 38 heavy (non-hydrogen) atoms. The van der Waals surface area contributed by atoms with Gasteiger partial charge in [0.2, 0.25) is 0 Å². The molecule has 1 aliphatic carbocycles. The smallest absolute Gasteiger partial charge is 0.341 e. The zero-order chi connectivity index (χ0) is 26.5. The van der Waals surface area contributed by atoms with Crippen LogP contribution < -0.4 is 5.32 Å². The summed E-state index contributed by atoms with van der Waals surface area (Å²) >= 11 is 7.52. The van der Waals surface area contributed by atoms with Crippen LogP contribution in [0.3, 0.4) is 0 Å². The highest BCUT2D eigenvalue weighted by atomic mass is 32.1. The average Bonchev–Trinajstić information content (AvgIpc) is 3.13. The van der Waals surface area contributed by atoms with Crippen molar-refractivity contribution in [3.05, 3.63) is 87.8 Å². The first-order chi connectivity index (χ1) is 18.5.